The highest BCUT2D eigenvalue weighted by Gasteiger charge is 2.55. The van der Waals surface area contributed by atoms with Crippen molar-refractivity contribution in [3.05, 3.63) is 0 Å². The first-order valence-electron chi connectivity index (χ1n) is 3.77. The minimum Gasteiger partial charge on any atom is -0.479 e. The van der Waals surface area contributed by atoms with E-state index in [1.54, 1.807) is 0 Å². The Morgan fingerprint density at radius 3 is 1.86 bits per heavy atom. The lowest BCUT2D eigenvalue weighted by atomic mass is 10.0. The number of hydrogen-bond donors (Lipinski definition) is 3. The van der Waals surface area contributed by atoms with E-state index in [1.807, 2.05) is 0 Å². The lowest BCUT2D eigenvalue weighted by Crippen LogP contribution is -2.47. The summed E-state index contributed by atoms with van der Waals surface area (Å²) in [4.78, 5) is 31.7. The Labute approximate surface area is 77.9 Å². The zero-order chi connectivity index (χ0) is 10.9. The van der Waals surface area contributed by atoms with Crippen LogP contribution in [0.2, 0.25) is 0 Å². The number of hydrogen-bond acceptors (Lipinski definition) is 4. The molecular formula is C7H8O7. The highest BCUT2D eigenvalue weighted by molar-refractivity contribution is 6.02. The van der Waals surface area contributed by atoms with Crippen LogP contribution in [-0.4, -0.2) is 44.9 Å². The highest BCUT2D eigenvalue weighted by Crippen LogP contribution is 2.31. The van der Waals surface area contributed by atoms with E-state index in [-0.39, 0.29) is 12.8 Å². The summed E-state index contributed by atoms with van der Waals surface area (Å²) in [5.74, 6) is -4.70. The molecule has 14 heavy (non-hydrogen) atoms. The number of carboxylic acids is 3. The van der Waals surface area contributed by atoms with E-state index < -0.39 is 29.6 Å². The third kappa shape index (κ3) is 1.41. The molecule has 7 heteroatoms. The fourth-order valence-corrected chi connectivity index (χ4v) is 1.28. The molecule has 78 valence electrons. The first kappa shape index (κ1) is 10.5. The third-order valence-corrected chi connectivity index (χ3v) is 2.07. The molecule has 1 rings (SSSR count). The summed E-state index contributed by atoms with van der Waals surface area (Å²) in [6.45, 7) is 0. The minimum atomic E-state index is -2.40. The normalized spacial score (nSPS) is 24.4. The van der Waals surface area contributed by atoms with E-state index in [2.05, 4.69) is 4.74 Å². The summed E-state index contributed by atoms with van der Waals surface area (Å²) in [7, 11) is 0. The van der Waals surface area contributed by atoms with Gasteiger partial charge in [0.15, 0.2) is 6.10 Å². The van der Waals surface area contributed by atoms with Crippen molar-refractivity contribution in [1.82, 2.24) is 0 Å². The molecule has 0 spiro atoms. The molecule has 7 nitrogen and oxygen atoms in total. The van der Waals surface area contributed by atoms with Crippen molar-refractivity contribution in [2.75, 3.05) is 0 Å². The van der Waals surface area contributed by atoms with Crippen LogP contribution in [0.1, 0.15) is 12.8 Å². The van der Waals surface area contributed by atoms with Gasteiger partial charge in [0, 0.05) is 6.42 Å². The van der Waals surface area contributed by atoms with Gasteiger partial charge < -0.3 is 20.1 Å². The van der Waals surface area contributed by atoms with Gasteiger partial charge in [-0.15, -0.1) is 0 Å². The lowest BCUT2D eigenvalue weighted by molar-refractivity contribution is -0.184. The fraction of sp³-hybridized carbons (Fsp3) is 0.571. The van der Waals surface area contributed by atoms with Crippen LogP contribution in [-0.2, 0) is 19.1 Å². The predicted octanol–water partition coefficient (Wildman–Crippen LogP) is -0.842. The number of aliphatic carboxylic acids is 3. The van der Waals surface area contributed by atoms with Crippen molar-refractivity contribution in [3.8, 4) is 0 Å². The summed E-state index contributed by atoms with van der Waals surface area (Å²) in [6.07, 6.45) is -1.81. The van der Waals surface area contributed by atoms with Gasteiger partial charge >= 0.3 is 17.9 Å². The molecule has 1 atom stereocenters. The van der Waals surface area contributed by atoms with E-state index >= 15 is 0 Å². The van der Waals surface area contributed by atoms with Crippen molar-refractivity contribution >= 4 is 17.9 Å². The number of ether oxygens (including phenoxy) is 1. The molecule has 1 fully saturated rings. The molecule has 1 heterocycles. The number of carboxylic acid groups (broad SMARTS) is 3. The monoisotopic (exact) mass is 204 g/mol. The molecule has 0 aromatic rings. The van der Waals surface area contributed by atoms with Gasteiger partial charge in [-0.2, -0.15) is 0 Å². The smallest absolute Gasteiger partial charge is 0.347 e. The summed E-state index contributed by atoms with van der Waals surface area (Å²) in [6, 6.07) is 0. The van der Waals surface area contributed by atoms with E-state index in [9.17, 15) is 14.4 Å². The molecule has 0 radical (unpaired) electrons. The van der Waals surface area contributed by atoms with Gasteiger partial charge in [-0.05, 0) is 6.42 Å². The van der Waals surface area contributed by atoms with Gasteiger partial charge in [0.25, 0.3) is 5.60 Å². The van der Waals surface area contributed by atoms with E-state index in [4.69, 9.17) is 15.3 Å². The second-order valence-corrected chi connectivity index (χ2v) is 2.92. The topological polar surface area (TPSA) is 121 Å². The Balaban J connectivity index is 2.91. The first-order valence-corrected chi connectivity index (χ1v) is 3.77. The molecule has 0 bridgehead atoms. The van der Waals surface area contributed by atoms with Crippen molar-refractivity contribution in [2.45, 2.75) is 24.5 Å². The van der Waals surface area contributed by atoms with Gasteiger partial charge in [-0.3, -0.25) is 0 Å². The maximum atomic E-state index is 10.6. The Hall–Kier alpha value is -1.63. The number of rotatable bonds is 3. The van der Waals surface area contributed by atoms with E-state index in [0.717, 1.165) is 0 Å². The van der Waals surface area contributed by atoms with Crippen molar-refractivity contribution in [3.63, 3.8) is 0 Å². The van der Waals surface area contributed by atoms with Gasteiger partial charge in [-0.1, -0.05) is 0 Å². The molecule has 0 saturated carbocycles. The fourth-order valence-electron chi connectivity index (χ4n) is 1.28. The summed E-state index contributed by atoms with van der Waals surface area (Å²) in [5, 5.41) is 25.8. The molecule has 0 amide bonds. The second kappa shape index (κ2) is 3.26. The van der Waals surface area contributed by atoms with Crippen LogP contribution in [0.4, 0.5) is 0 Å². The molecule has 0 aliphatic carbocycles. The van der Waals surface area contributed by atoms with Crippen molar-refractivity contribution < 1.29 is 34.4 Å². The largest absolute Gasteiger partial charge is 0.479 e. The van der Waals surface area contributed by atoms with Gasteiger partial charge in [0.1, 0.15) is 0 Å². The molecular weight excluding hydrogens is 196 g/mol. The molecule has 0 aromatic carbocycles. The Bertz CT molecular complexity index is 280. The SMILES string of the molecule is O=C(O)C1CCC(C(=O)O)(C(=O)O)O1. The molecule has 1 unspecified atom stereocenters. The minimum absolute atomic E-state index is 0.117. The summed E-state index contributed by atoms with van der Waals surface area (Å²) < 4.78 is 4.53. The summed E-state index contributed by atoms with van der Waals surface area (Å²) >= 11 is 0. The van der Waals surface area contributed by atoms with Crippen LogP contribution >= 0.6 is 0 Å². The maximum absolute atomic E-state index is 10.6. The van der Waals surface area contributed by atoms with E-state index in [1.165, 1.54) is 0 Å². The quantitative estimate of drug-likeness (QED) is 0.512. The molecule has 1 aliphatic rings. The van der Waals surface area contributed by atoms with Crippen LogP contribution in [0.5, 0.6) is 0 Å². The van der Waals surface area contributed by atoms with Crippen LogP contribution in [0.3, 0.4) is 0 Å². The molecule has 3 N–H and O–H groups in total. The zero-order valence-corrected chi connectivity index (χ0v) is 6.97. The lowest BCUT2D eigenvalue weighted by Gasteiger charge is -2.18. The molecule has 1 aliphatic heterocycles. The van der Waals surface area contributed by atoms with Crippen molar-refractivity contribution in [1.29, 1.82) is 0 Å². The van der Waals surface area contributed by atoms with Crippen molar-refractivity contribution in [2.24, 2.45) is 0 Å². The summed E-state index contributed by atoms with van der Waals surface area (Å²) in [5.41, 5.74) is -2.40. The second-order valence-electron chi connectivity index (χ2n) is 2.92. The van der Waals surface area contributed by atoms with Crippen LogP contribution < -0.4 is 0 Å². The third-order valence-electron chi connectivity index (χ3n) is 2.07. The highest BCUT2D eigenvalue weighted by atomic mass is 16.6. The average molecular weight is 204 g/mol. The van der Waals surface area contributed by atoms with Gasteiger partial charge in [-0.25, -0.2) is 14.4 Å². The standard InChI is InChI=1S/C7H8O7/c8-4(9)3-1-2-7(14-3,5(10)11)6(12)13/h3H,1-2H2,(H,8,9)(H,10,11)(H,12,13). The van der Waals surface area contributed by atoms with Crippen LogP contribution in [0, 0.1) is 0 Å². The van der Waals surface area contributed by atoms with Gasteiger partial charge in [0.2, 0.25) is 0 Å². The average Bonchev–Trinajstić information content (AvgIpc) is 2.48. The van der Waals surface area contributed by atoms with Gasteiger partial charge in [0.05, 0.1) is 0 Å². The Morgan fingerprint density at radius 2 is 1.64 bits per heavy atom. The maximum Gasteiger partial charge on any atom is 0.347 e. The Morgan fingerprint density at radius 1 is 1.14 bits per heavy atom. The zero-order valence-electron chi connectivity index (χ0n) is 6.97. The van der Waals surface area contributed by atoms with Crippen LogP contribution in [0.15, 0.2) is 0 Å². The Kier molecular flexibility index (Phi) is 2.43. The number of carbonyl (C=O) groups is 3. The predicted molar refractivity (Wildman–Crippen MR) is 39.7 cm³/mol. The molecule has 0 aromatic heterocycles. The van der Waals surface area contributed by atoms with E-state index in [0.29, 0.717) is 0 Å². The van der Waals surface area contributed by atoms with Crippen LogP contribution in [0.25, 0.3) is 0 Å². The molecule has 1 saturated heterocycles. The first-order chi connectivity index (χ1) is 6.40.